The zero-order chi connectivity index (χ0) is 12.4. The minimum atomic E-state index is 0.0176. The van der Waals surface area contributed by atoms with Crippen LogP contribution in [0.1, 0.15) is 23.2 Å². The maximum Gasteiger partial charge on any atom is 0.253 e. The van der Waals surface area contributed by atoms with Crippen LogP contribution in [0.2, 0.25) is 5.02 Å². The molecular weight excluding hydrogens is 236 g/mol. The van der Waals surface area contributed by atoms with E-state index >= 15 is 0 Å². The van der Waals surface area contributed by atoms with Crippen molar-refractivity contribution in [3.8, 4) is 0 Å². The van der Waals surface area contributed by atoms with E-state index in [0.717, 1.165) is 0 Å². The van der Waals surface area contributed by atoms with Crippen LogP contribution >= 0.6 is 11.6 Å². The molecule has 0 aromatic heterocycles. The molecule has 2 rings (SSSR count). The molecule has 4 heteroatoms. The summed E-state index contributed by atoms with van der Waals surface area (Å²) < 4.78 is 0. The minimum absolute atomic E-state index is 0.0176. The lowest BCUT2D eigenvalue weighted by Crippen LogP contribution is -2.43. The van der Waals surface area contributed by atoms with Gasteiger partial charge in [-0.05, 0) is 43.0 Å². The highest BCUT2D eigenvalue weighted by molar-refractivity contribution is 6.30. The van der Waals surface area contributed by atoms with Gasteiger partial charge in [-0.25, -0.2) is 0 Å². The van der Waals surface area contributed by atoms with Gasteiger partial charge in [0.1, 0.15) is 0 Å². The van der Waals surface area contributed by atoms with E-state index in [-0.39, 0.29) is 11.9 Å². The molecule has 0 saturated heterocycles. The van der Waals surface area contributed by atoms with Crippen molar-refractivity contribution in [3.05, 3.63) is 34.9 Å². The van der Waals surface area contributed by atoms with Gasteiger partial charge in [0.25, 0.3) is 5.91 Å². The first-order valence-corrected chi connectivity index (χ1v) is 6.24. The van der Waals surface area contributed by atoms with Gasteiger partial charge in [-0.2, -0.15) is 0 Å². The Morgan fingerprint density at radius 2 is 2.06 bits per heavy atom. The summed E-state index contributed by atoms with van der Waals surface area (Å²) in [5.41, 5.74) is 6.40. The maximum absolute atomic E-state index is 12.2. The molecule has 0 bridgehead atoms. The molecule has 1 amide bonds. The molecule has 1 aliphatic carbocycles. The first-order valence-electron chi connectivity index (χ1n) is 5.86. The van der Waals surface area contributed by atoms with E-state index in [1.807, 2.05) is 7.05 Å². The molecule has 1 saturated carbocycles. The minimum Gasteiger partial charge on any atom is -0.337 e. The number of rotatable bonds is 4. The van der Waals surface area contributed by atoms with E-state index in [2.05, 4.69) is 0 Å². The number of halogens is 1. The topological polar surface area (TPSA) is 46.3 Å². The zero-order valence-corrected chi connectivity index (χ0v) is 10.7. The Labute approximate surface area is 107 Å². The second kappa shape index (κ2) is 5.07. The summed E-state index contributed by atoms with van der Waals surface area (Å²) in [5.74, 6) is 0.602. The lowest BCUT2D eigenvalue weighted by Gasteiger charge is -2.27. The summed E-state index contributed by atoms with van der Waals surface area (Å²) >= 11 is 5.80. The Bertz CT molecular complexity index is 400. The molecule has 1 unspecified atom stereocenters. The maximum atomic E-state index is 12.2. The molecule has 3 nitrogen and oxygen atoms in total. The molecule has 1 aliphatic rings. The highest BCUT2D eigenvalue weighted by atomic mass is 35.5. The summed E-state index contributed by atoms with van der Waals surface area (Å²) in [6.45, 7) is 0.528. The van der Waals surface area contributed by atoms with E-state index in [1.165, 1.54) is 12.8 Å². The zero-order valence-electron chi connectivity index (χ0n) is 9.90. The van der Waals surface area contributed by atoms with Crippen molar-refractivity contribution in [1.29, 1.82) is 0 Å². The molecule has 17 heavy (non-hydrogen) atoms. The van der Waals surface area contributed by atoms with Crippen LogP contribution in [0.25, 0.3) is 0 Å². The molecule has 0 aliphatic heterocycles. The fraction of sp³-hybridized carbons (Fsp3) is 0.462. The van der Waals surface area contributed by atoms with Crippen molar-refractivity contribution in [3.63, 3.8) is 0 Å². The third-order valence-corrected chi connectivity index (χ3v) is 3.57. The van der Waals surface area contributed by atoms with Crippen molar-refractivity contribution in [1.82, 2.24) is 4.90 Å². The van der Waals surface area contributed by atoms with Gasteiger partial charge >= 0.3 is 0 Å². The standard InChI is InChI=1S/C13H17ClN2O/c1-16(12(8-15)9-2-3-9)13(17)10-4-6-11(14)7-5-10/h4-7,9,12H,2-3,8,15H2,1H3. The average Bonchev–Trinajstić information content (AvgIpc) is 3.14. The monoisotopic (exact) mass is 252 g/mol. The molecule has 2 N–H and O–H groups in total. The summed E-state index contributed by atoms with van der Waals surface area (Å²) in [5, 5.41) is 0.641. The van der Waals surface area contributed by atoms with Crippen molar-refractivity contribution >= 4 is 17.5 Å². The van der Waals surface area contributed by atoms with Crippen LogP contribution in [0.3, 0.4) is 0 Å². The van der Waals surface area contributed by atoms with Crippen molar-refractivity contribution < 1.29 is 4.79 Å². The number of benzene rings is 1. The van der Waals surface area contributed by atoms with Gasteiger partial charge in [0.15, 0.2) is 0 Å². The molecule has 92 valence electrons. The third kappa shape index (κ3) is 2.79. The van der Waals surface area contributed by atoms with Gasteiger partial charge in [-0.3, -0.25) is 4.79 Å². The van der Waals surface area contributed by atoms with Crippen LogP contribution in [-0.2, 0) is 0 Å². The normalized spacial score (nSPS) is 16.6. The fourth-order valence-electron chi connectivity index (χ4n) is 2.09. The summed E-state index contributed by atoms with van der Waals surface area (Å²) in [7, 11) is 1.83. The number of carbonyl (C=O) groups is 1. The number of hydrogen-bond donors (Lipinski definition) is 1. The van der Waals surface area contributed by atoms with E-state index in [4.69, 9.17) is 17.3 Å². The van der Waals surface area contributed by atoms with Gasteiger partial charge in [0.05, 0.1) is 0 Å². The molecular formula is C13H17ClN2O. The number of nitrogens with zero attached hydrogens (tertiary/aromatic N) is 1. The predicted octanol–water partition coefficient (Wildman–Crippen LogP) is 2.15. The van der Waals surface area contributed by atoms with Crippen molar-refractivity contribution in [2.24, 2.45) is 11.7 Å². The summed E-state index contributed by atoms with van der Waals surface area (Å²) in [6, 6.07) is 7.13. The Kier molecular flexibility index (Phi) is 3.69. The average molecular weight is 253 g/mol. The highest BCUT2D eigenvalue weighted by Gasteiger charge is 2.34. The quantitative estimate of drug-likeness (QED) is 0.893. The lowest BCUT2D eigenvalue weighted by molar-refractivity contribution is 0.0718. The van der Waals surface area contributed by atoms with Crippen LogP contribution < -0.4 is 5.73 Å². The number of hydrogen-bond acceptors (Lipinski definition) is 2. The SMILES string of the molecule is CN(C(=O)c1ccc(Cl)cc1)C(CN)C1CC1. The number of likely N-dealkylation sites (N-methyl/N-ethyl adjacent to an activating group) is 1. The van der Waals surface area contributed by atoms with Crippen molar-refractivity contribution in [2.75, 3.05) is 13.6 Å². The number of amides is 1. The smallest absolute Gasteiger partial charge is 0.253 e. The van der Waals surface area contributed by atoms with Crippen LogP contribution in [0.5, 0.6) is 0 Å². The Morgan fingerprint density at radius 1 is 1.47 bits per heavy atom. The molecule has 1 aromatic rings. The van der Waals surface area contributed by atoms with Crippen LogP contribution in [0.15, 0.2) is 24.3 Å². The van der Waals surface area contributed by atoms with Crippen LogP contribution in [0.4, 0.5) is 0 Å². The van der Waals surface area contributed by atoms with E-state index in [9.17, 15) is 4.79 Å². The van der Waals surface area contributed by atoms with Gasteiger partial charge in [0, 0.05) is 30.2 Å². The second-order valence-corrected chi connectivity index (χ2v) is 5.00. The molecule has 1 atom stereocenters. The van der Waals surface area contributed by atoms with Gasteiger partial charge in [-0.15, -0.1) is 0 Å². The molecule has 0 radical (unpaired) electrons. The summed E-state index contributed by atoms with van der Waals surface area (Å²) in [6.07, 6.45) is 2.36. The number of nitrogens with two attached hydrogens (primary N) is 1. The van der Waals surface area contributed by atoms with E-state index < -0.39 is 0 Å². The highest BCUT2D eigenvalue weighted by Crippen LogP contribution is 2.34. The second-order valence-electron chi connectivity index (χ2n) is 4.56. The van der Waals surface area contributed by atoms with Gasteiger partial charge in [0.2, 0.25) is 0 Å². The fourth-order valence-corrected chi connectivity index (χ4v) is 2.22. The Hall–Kier alpha value is -1.06. The molecule has 1 aromatic carbocycles. The van der Waals surface area contributed by atoms with E-state index in [1.54, 1.807) is 29.2 Å². The largest absolute Gasteiger partial charge is 0.337 e. The lowest BCUT2D eigenvalue weighted by atomic mass is 10.1. The first kappa shape index (κ1) is 12.4. The summed E-state index contributed by atoms with van der Waals surface area (Å²) in [4.78, 5) is 14.0. The van der Waals surface area contributed by atoms with Crippen molar-refractivity contribution in [2.45, 2.75) is 18.9 Å². The van der Waals surface area contributed by atoms with E-state index in [0.29, 0.717) is 23.0 Å². The van der Waals surface area contributed by atoms with Gasteiger partial charge in [-0.1, -0.05) is 11.6 Å². The van der Waals surface area contributed by atoms with Crippen LogP contribution in [0, 0.1) is 5.92 Å². The molecule has 1 fully saturated rings. The molecule has 0 spiro atoms. The third-order valence-electron chi connectivity index (χ3n) is 3.32. The Morgan fingerprint density at radius 3 is 2.53 bits per heavy atom. The number of carbonyl (C=O) groups excluding carboxylic acids is 1. The first-order chi connectivity index (χ1) is 8.13. The predicted molar refractivity (Wildman–Crippen MR) is 69.1 cm³/mol. The Balaban J connectivity index is 2.10. The molecule has 0 heterocycles. The van der Waals surface area contributed by atoms with Crippen LogP contribution in [-0.4, -0.2) is 30.4 Å². The van der Waals surface area contributed by atoms with Gasteiger partial charge < -0.3 is 10.6 Å².